The second-order valence-corrected chi connectivity index (χ2v) is 5.95. The lowest BCUT2D eigenvalue weighted by molar-refractivity contribution is -0.145. The van der Waals surface area contributed by atoms with E-state index in [1.807, 2.05) is 0 Å². The van der Waals surface area contributed by atoms with Gasteiger partial charge in [0.1, 0.15) is 5.54 Å². The smallest absolute Gasteiger partial charge is 0.323 e. The normalized spacial score (nSPS) is 35.9. The Bertz CT molecular complexity index is 304. The van der Waals surface area contributed by atoms with Crippen LogP contribution in [0.1, 0.15) is 45.4 Å². The van der Waals surface area contributed by atoms with Gasteiger partial charge in [0.05, 0.1) is 0 Å². The Morgan fingerprint density at radius 1 is 1.47 bits per heavy atom. The van der Waals surface area contributed by atoms with E-state index in [-0.39, 0.29) is 0 Å². The highest BCUT2D eigenvalue weighted by Crippen LogP contribution is 2.38. The topological polar surface area (TPSA) is 66.6 Å². The van der Waals surface area contributed by atoms with Crippen LogP contribution in [0.5, 0.6) is 0 Å². The highest BCUT2D eigenvalue weighted by Gasteiger charge is 2.42. The molecule has 0 heterocycles. The first-order valence-corrected chi connectivity index (χ1v) is 6.68. The van der Waals surface area contributed by atoms with E-state index in [9.17, 15) is 9.90 Å². The Hall–Kier alpha value is -0.610. The summed E-state index contributed by atoms with van der Waals surface area (Å²) < 4.78 is 0. The molecule has 0 bridgehead atoms. The predicted octanol–water partition coefficient (Wildman–Crippen LogP) is 1.44. The highest BCUT2D eigenvalue weighted by atomic mass is 16.4. The number of nitrogens with two attached hydrogens (primary N) is 1. The molecule has 3 atom stereocenters. The van der Waals surface area contributed by atoms with Crippen LogP contribution in [0.15, 0.2) is 0 Å². The number of rotatable bonds is 4. The number of carbonyl (C=O) groups is 1. The van der Waals surface area contributed by atoms with Crippen molar-refractivity contribution in [3.05, 3.63) is 0 Å². The lowest BCUT2D eigenvalue weighted by Crippen LogP contribution is -2.56. The molecule has 4 heteroatoms. The van der Waals surface area contributed by atoms with E-state index in [0.29, 0.717) is 24.9 Å². The molecular formula is C13H24N2O2. The minimum absolute atomic E-state index is 0.334. The quantitative estimate of drug-likeness (QED) is 0.780. The van der Waals surface area contributed by atoms with E-state index in [1.165, 1.54) is 12.8 Å². The summed E-state index contributed by atoms with van der Waals surface area (Å²) in [6.07, 6.45) is 5.87. The van der Waals surface area contributed by atoms with E-state index in [2.05, 4.69) is 18.9 Å². The van der Waals surface area contributed by atoms with Crippen molar-refractivity contribution in [3.63, 3.8) is 0 Å². The van der Waals surface area contributed by atoms with Gasteiger partial charge in [0.2, 0.25) is 0 Å². The van der Waals surface area contributed by atoms with Gasteiger partial charge in [0.15, 0.2) is 0 Å². The molecule has 2 saturated carbocycles. The first-order chi connectivity index (χ1) is 7.94. The van der Waals surface area contributed by atoms with Crippen LogP contribution in [0.4, 0.5) is 0 Å². The van der Waals surface area contributed by atoms with Crippen molar-refractivity contribution in [1.82, 2.24) is 4.90 Å². The summed E-state index contributed by atoms with van der Waals surface area (Å²) in [7, 11) is 2.13. The van der Waals surface area contributed by atoms with Gasteiger partial charge in [0, 0.05) is 12.1 Å². The molecule has 0 saturated heterocycles. The molecule has 0 aliphatic heterocycles. The molecule has 0 aromatic heterocycles. The number of hydrogen-bond donors (Lipinski definition) is 2. The lowest BCUT2D eigenvalue weighted by Gasteiger charge is -2.41. The van der Waals surface area contributed by atoms with Crippen LogP contribution in [0, 0.1) is 5.92 Å². The maximum Gasteiger partial charge on any atom is 0.323 e. The summed E-state index contributed by atoms with van der Waals surface area (Å²) in [4.78, 5) is 13.6. The molecule has 2 aliphatic carbocycles. The molecule has 4 nitrogen and oxygen atoms in total. The zero-order valence-electron chi connectivity index (χ0n) is 10.9. The molecule has 3 N–H and O–H groups in total. The van der Waals surface area contributed by atoms with Gasteiger partial charge in [-0.25, -0.2) is 0 Å². The predicted molar refractivity (Wildman–Crippen MR) is 66.8 cm³/mol. The van der Waals surface area contributed by atoms with E-state index >= 15 is 0 Å². The molecule has 0 aromatic rings. The van der Waals surface area contributed by atoms with Gasteiger partial charge in [-0.15, -0.1) is 0 Å². The molecular weight excluding hydrogens is 216 g/mol. The standard InChI is InChI=1S/C13H24N2O2/c1-9(10-5-6-10)15(2)11-4-3-7-13(14,8-11)12(16)17/h9-11H,3-8,14H2,1-2H3,(H,16,17). The monoisotopic (exact) mass is 240 g/mol. The molecule has 2 fully saturated rings. The molecule has 3 unspecified atom stereocenters. The number of carboxylic acid groups (broad SMARTS) is 1. The van der Waals surface area contributed by atoms with Gasteiger partial charge in [-0.05, 0) is 58.4 Å². The highest BCUT2D eigenvalue weighted by molar-refractivity contribution is 5.78. The maximum atomic E-state index is 11.2. The summed E-state index contributed by atoms with van der Waals surface area (Å²) in [6, 6.07) is 0.900. The Morgan fingerprint density at radius 3 is 2.65 bits per heavy atom. The first kappa shape index (κ1) is 12.8. The Kier molecular flexibility index (Phi) is 3.46. The van der Waals surface area contributed by atoms with E-state index < -0.39 is 11.5 Å². The number of hydrogen-bond acceptors (Lipinski definition) is 3. The van der Waals surface area contributed by atoms with Crippen molar-refractivity contribution in [1.29, 1.82) is 0 Å². The second-order valence-electron chi connectivity index (χ2n) is 5.95. The summed E-state index contributed by atoms with van der Waals surface area (Å²) >= 11 is 0. The number of aliphatic carboxylic acids is 1. The van der Waals surface area contributed by atoms with Crippen LogP contribution in [0.2, 0.25) is 0 Å². The third-order valence-electron chi connectivity index (χ3n) is 4.71. The Balaban J connectivity index is 1.98. The largest absolute Gasteiger partial charge is 0.480 e. The Labute approximate surface area is 103 Å². The van der Waals surface area contributed by atoms with Crippen LogP contribution in [-0.4, -0.2) is 40.6 Å². The van der Waals surface area contributed by atoms with Gasteiger partial charge in [-0.2, -0.15) is 0 Å². The van der Waals surface area contributed by atoms with Crippen molar-refractivity contribution in [2.75, 3.05) is 7.05 Å². The fourth-order valence-electron chi connectivity index (χ4n) is 3.06. The molecule has 0 spiro atoms. The SMILES string of the molecule is CC(C1CC1)N(C)C1CCCC(N)(C(=O)O)C1. The van der Waals surface area contributed by atoms with Gasteiger partial charge >= 0.3 is 5.97 Å². The van der Waals surface area contributed by atoms with Crippen LogP contribution >= 0.6 is 0 Å². The van der Waals surface area contributed by atoms with Crippen molar-refractivity contribution in [2.45, 2.75) is 63.1 Å². The van der Waals surface area contributed by atoms with Crippen molar-refractivity contribution in [2.24, 2.45) is 11.7 Å². The molecule has 0 amide bonds. The number of carboxylic acids is 1. The molecule has 2 rings (SSSR count). The van der Waals surface area contributed by atoms with E-state index in [0.717, 1.165) is 18.8 Å². The minimum Gasteiger partial charge on any atom is -0.480 e. The summed E-state index contributed by atoms with van der Waals surface area (Å²) in [5.41, 5.74) is 5.00. The van der Waals surface area contributed by atoms with Gasteiger partial charge < -0.3 is 15.7 Å². The number of nitrogens with zero attached hydrogens (tertiary/aromatic N) is 1. The van der Waals surface area contributed by atoms with Crippen molar-refractivity contribution in [3.8, 4) is 0 Å². The zero-order valence-corrected chi connectivity index (χ0v) is 10.9. The lowest BCUT2D eigenvalue weighted by atomic mass is 9.79. The average Bonchev–Trinajstić information content (AvgIpc) is 3.11. The van der Waals surface area contributed by atoms with E-state index in [4.69, 9.17) is 5.73 Å². The van der Waals surface area contributed by atoms with Gasteiger partial charge in [0.25, 0.3) is 0 Å². The fourth-order valence-corrected chi connectivity index (χ4v) is 3.06. The summed E-state index contributed by atoms with van der Waals surface area (Å²) in [6.45, 7) is 2.26. The van der Waals surface area contributed by atoms with Crippen LogP contribution in [-0.2, 0) is 4.79 Å². The third kappa shape index (κ3) is 2.63. The first-order valence-electron chi connectivity index (χ1n) is 6.68. The van der Waals surface area contributed by atoms with Crippen molar-refractivity contribution < 1.29 is 9.90 Å². The molecule has 2 aliphatic rings. The van der Waals surface area contributed by atoms with Crippen molar-refractivity contribution >= 4 is 5.97 Å². The van der Waals surface area contributed by atoms with Crippen LogP contribution in [0.25, 0.3) is 0 Å². The minimum atomic E-state index is -1.000. The molecule has 17 heavy (non-hydrogen) atoms. The van der Waals surface area contributed by atoms with Crippen LogP contribution < -0.4 is 5.73 Å². The molecule has 0 aromatic carbocycles. The molecule has 98 valence electrons. The fraction of sp³-hybridized carbons (Fsp3) is 0.923. The molecule has 0 radical (unpaired) electrons. The summed E-state index contributed by atoms with van der Waals surface area (Å²) in [5, 5.41) is 9.21. The average molecular weight is 240 g/mol. The summed E-state index contributed by atoms with van der Waals surface area (Å²) in [5.74, 6) is -0.0198. The maximum absolute atomic E-state index is 11.2. The van der Waals surface area contributed by atoms with Crippen LogP contribution in [0.3, 0.4) is 0 Å². The van der Waals surface area contributed by atoms with Gasteiger partial charge in [-0.3, -0.25) is 4.79 Å². The third-order valence-corrected chi connectivity index (χ3v) is 4.71. The Morgan fingerprint density at radius 2 is 2.12 bits per heavy atom. The van der Waals surface area contributed by atoms with E-state index in [1.54, 1.807) is 0 Å². The second kappa shape index (κ2) is 4.58. The zero-order chi connectivity index (χ0) is 12.6. The van der Waals surface area contributed by atoms with Gasteiger partial charge in [-0.1, -0.05) is 0 Å².